The Morgan fingerprint density at radius 2 is 1.96 bits per heavy atom. The average molecular weight is 358 g/mol. The lowest BCUT2D eigenvalue weighted by Gasteiger charge is -2.22. The topological polar surface area (TPSA) is 70.4 Å². The van der Waals surface area contributed by atoms with Gasteiger partial charge < -0.3 is 10.6 Å². The molecule has 7 nitrogen and oxygen atoms in total. The van der Waals surface area contributed by atoms with E-state index in [2.05, 4.69) is 77.7 Å². The SMILES string of the molecule is CCNC(=NCc1ccccc1CN(C)C(C)C)NCc1ncnn1C. The van der Waals surface area contributed by atoms with Crippen molar-refractivity contribution in [3.8, 4) is 0 Å². The van der Waals surface area contributed by atoms with Crippen molar-refractivity contribution in [1.29, 1.82) is 0 Å². The van der Waals surface area contributed by atoms with E-state index < -0.39 is 0 Å². The third kappa shape index (κ3) is 5.84. The van der Waals surface area contributed by atoms with E-state index in [1.807, 2.05) is 7.05 Å². The molecule has 0 aliphatic carbocycles. The van der Waals surface area contributed by atoms with Gasteiger partial charge in [-0.15, -0.1) is 0 Å². The Labute approximate surface area is 156 Å². The molecular formula is C19H31N7. The monoisotopic (exact) mass is 357 g/mol. The minimum Gasteiger partial charge on any atom is -0.357 e. The molecule has 0 radical (unpaired) electrons. The summed E-state index contributed by atoms with van der Waals surface area (Å²) >= 11 is 0. The second-order valence-corrected chi connectivity index (χ2v) is 6.63. The highest BCUT2D eigenvalue weighted by Crippen LogP contribution is 2.13. The Balaban J connectivity index is 2.05. The Hall–Kier alpha value is -2.41. The van der Waals surface area contributed by atoms with E-state index in [4.69, 9.17) is 4.99 Å². The number of hydrogen-bond donors (Lipinski definition) is 2. The van der Waals surface area contributed by atoms with Gasteiger partial charge in [0.2, 0.25) is 0 Å². The standard InChI is InChI=1S/C19H31N7/c1-6-20-19(22-12-18-23-14-24-26(18)5)21-11-16-9-7-8-10-17(16)13-25(4)15(2)3/h7-10,14-15H,6,11-13H2,1-5H3,(H2,20,21,22). The van der Waals surface area contributed by atoms with Gasteiger partial charge in [-0.2, -0.15) is 5.10 Å². The molecule has 2 aromatic rings. The minimum absolute atomic E-state index is 0.511. The van der Waals surface area contributed by atoms with Crippen molar-refractivity contribution in [3.63, 3.8) is 0 Å². The molecule has 0 unspecified atom stereocenters. The number of nitrogens with zero attached hydrogens (tertiary/aromatic N) is 5. The molecule has 7 heteroatoms. The van der Waals surface area contributed by atoms with E-state index in [1.165, 1.54) is 11.1 Å². The van der Waals surface area contributed by atoms with Crippen LogP contribution in [0.25, 0.3) is 0 Å². The van der Waals surface area contributed by atoms with Gasteiger partial charge in [0.25, 0.3) is 0 Å². The first kappa shape index (κ1) is 19.9. The lowest BCUT2D eigenvalue weighted by molar-refractivity contribution is 0.265. The van der Waals surface area contributed by atoms with Crippen LogP contribution in [0.3, 0.4) is 0 Å². The van der Waals surface area contributed by atoms with Crippen LogP contribution >= 0.6 is 0 Å². The normalized spacial score (nSPS) is 12.0. The largest absolute Gasteiger partial charge is 0.357 e. The molecule has 26 heavy (non-hydrogen) atoms. The molecule has 0 fully saturated rings. The third-order valence-corrected chi connectivity index (χ3v) is 4.39. The Kier molecular flexibility index (Phi) is 7.59. The maximum absolute atomic E-state index is 4.74. The molecule has 2 rings (SSSR count). The molecule has 0 saturated heterocycles. The molecule has 0 saturated carbocycles. The van der Waals surface area contributed by atoms with Gasteiger partial charge in [-0.1, -0.05) is 24.3 Å². The summed E-state index contributed by atoms with van der Waals surface area (Å²) in [4.78, 5) is 11.3. The summed E-state index contributed by atoms with van der Waals surface area (Å²) in [7, 11) is 4.03. The summed E-state index contributed by atoms with van der Waals surface area (Å²) in [5.74, 6) is 1.65. The van der Waals surface area contributed by atoms with Crippen molar-refractivity contribution < 1.29 is 0 Å². The Morgan fingerprint density at radius 3 is 2.58 bits per heavy atom. The zero-order valence-corrected chi connectivity index (χ0v) is 16.5. The molecule has 0 spiro atoms. The summed E-state index contributed by atoms with van der Waals surface area (Å²) in [5, 5.41) is 10.7. The van der Waals surface area contributed by atoms with Crippen molar-refractivity contribution in [2.45, 2.75) is 46.4 Å². The highest BCUT2D eigenvalue weighted by molar-refractivity contribution is 5.79. The van der Waals surface area contributed by atoms with Crippen LogP contribution < -0.4 is 10.6 Å². The number of benzene rings is 1. The molecule has 142 valence electrons. The predicted octanol–water partition coefficient (Wildman–Crippen LogP) is 1.91. The van der Waals surface area contributed by atoms with Crippen LogP contribution in [0.2, 0.25) is 0 Å². The van der Waals surface area contributed by atoms with Crippen molar-refractivity contribution in [1.82, 2.24) is 30.3 Å². The van der Waals surface area contributed by atoms with Gasteiger partial charge in [-0.3, -0.25) is 9.58 Å². The van der Waals surface area contributed by atoms with Crippen LogP contribution in [-0.4, -0.2) is 45.3 Å². The summed E-state index contributed by atoms with van der Waals surface area (Å²) in [6.45, 7) is 9.43. The number of rotatable bonds is 8. The van der Waals surface area contributed by atoms with Gasteiger partial charge in [-0.05, 0) is 38.9 Å². The first-order valence-corrected chi connectivity index (χ1v) is 9.13. The first-order valence-electron chi connectivity index (χ1n) is 9.13. The summed E-state index contributed by atoms with van der Waals surface area (Å²) in [6, 6.07) is 9.01. The van der Waals surface area contributed by atoms with Crippen molar-refractivity contribution in [2.75, 3.05) is 13.6 Å². The zero-order valence-electron chi connectivity index (χ0n) is 16.5. The number of guanidine groups is 1. The zero-order chi connectivity index (χ0) is 18.9. The molecule has 0 aliphatic heterocycles. The van der Waals surface area contributed by atoms with Crippen LogP contribution in [-0.2, 0) is 26.7 Å². The highest BCUT2D eigenvalue weighted by atomic mass is 15.3. The number of aromatic nitrogens is 3. The molecular weight excluding hydrogens is 326 g/mol. The molecule has 0 bridgehead atoms. The maximum atomic E-state index is 4.74. The van der Waals surface area contributed by atoms with E-state index in [0.29, 0.717) is 19.1 Å². The van der Waals surface area contributed by atoms with Crippen LogP contribution in [0.1, 0.15) is 37.7 Å². The molecule has 1 aromatic carbocycles. The summed E-state index contributed by atoms with van der Waals surface area (Å²) < 4.78 is 1.76. The van der Waals surface area contributed by atoms with Gasteiger partial charge >= 0.3 is 0 Å². The fourth-order valence-corrected chi connectivity index (χ4v) is 2.47. The first-order chi connectivity index (χ1) is 12.5. The van der Waals surface area contributed by atoms with Crippen LogP contribution in [0.15, 0.2) is 35.6 Å². The van der Waals surface area contributed by atoms with Gasteiger partial charge in [-0.25, -0.2) is 9.98 Å². The Morgan fingerprint density at radius 1 is 1.23 bits per heavy atom. The van der Waals surface area contributed by atoms with E-state index in [9.17, 15) is 0 Å². The van der Waals surface area contributed by atoms with Gasteiger partial charge in [0, 0.05) is 26.2 Å². The van der Waals surface area contributed by atoms with Crippen LogP contribution in [0.5, 0.6) is 0 Å². The predicted molar refractivity (Wildman–Crippen MR) is 106 cm³/mol. The number of aryl methyl sites for hydroxylation is 1. The third-order valence-electron chi connectivity index (χ3n) is 4.39. The number of nitrogens with one attached hydrogen (secondary N) is 2. The molecule has 1 heterocycles. The highest BCUT2D eigenvalue weighted by Gasteiger charge is 2.08. The number of hydrogen-bond acceptors (Lipinski definition) is 4. The summed E-state index contributed by atoms with van der Waals surface area (Å²) in [5.41, 5.74) is 2.56. The van der Waals surface area contributed by atoms with Crippen LogP contribution in [0.4, 0.5) is 0 Å². The average Bonchev–Trinajstić information content (AvgIpc) is 3.03. The van der Waals surface area contributed by atoms with Crippen molar-refractivity contribution in [2.24, 2.45) is 12.0 Å². The van der Waals surface area contributed by atoms with Gasteiger partial charge in [0.05, 0.1) is 13.1 Å². The number of aliphatic imine (C=N–C) groups is 1. The molecule has 1 aromatic heterocycles. The van der Waals surface area contributed by atoms with E-state index in [-0.39, 0.29) is 0 Å². The van der Waals surface area contributed by atoms with Gasteiger partial charge in [0.15, 0.2) is 5.96 Å². The molecule has 0 atom stereocenters. The summed E-state index contributed by atoms with van der Waals surface area (Å²) in [6.07, 6.45) is 1.56. The minimum atomic E-state index is 0.511. The smallest absolute Gasteiger partial charge is 0.191 e. The van der Waals surface area contributed by atoms with Gasteiger partial charge in [0.1, 0.15) is 12.2 Å². The quantitative estimate of drug-likeness (QED) is 0.558. The van der Waals surface area contributed by atoms with E-state index >= 15 is 0 Å². The molecule has 0 amide bonds. The van der Waals surface area contributed by atoms with Crippen LogP contribution in [0, 0.1) is 0 Å². The Bertz CT molecular complexity index is 705. The lowest BCUT2D eigenvalue weighted by Crippen LogP contribution is -2.37. The maximum Gasteiger partial charge on any atom is 0.191 e. The molecule has 0 aliphatic rings. The van der Waals surface area contributed by atoms with Crippen molar-refractivity contribution in [3.05, 3.63) is 47.5 Å². The molecule has 2 N–H and O–H groups in total. The second-order valence-electron chi connectivity index (χ2n) is 6.63. The second kappa shape index (κ2) is 9.91. The lowest BCUT2D eigenvalue weighted by atomic mass is 10.1. The van der Waals surface area contributed by atoms with E-state index in [0.717, 1.165) is 24.9 Å². The van der Waals surface area contributed by atoms with E-state index in [1.54, 1.807) is 11.0 Å². The fraction of sp³-hybridized carbons (Fsp3) is 0.526. The van der Waals surface area contributed by atoms with Crippen molar-refractivity contribution >= 4 is 5.96 Å². The fourth-order valence-electron chi connectivity index (χ4n) is 2.47.